The van der Waals surface area contributed by atoms with Crippen LogP contribution in [0.3, 0.4) is 0 Å². The standard InChI is InChI=1S/C33H66N2O4/c1-5-9-10-11-12-16-19-22-25-32(26-23-20-17-14-13-15-18-21-24-30-36)39-33(37)38-31-29-35(8-4)28-27-34(6-2)7-3/h30,32H,5-29,31H2,1-4H3. The maximum absolute atomic E-state index is 12.5. The van der Waals surface area contributed by atoms with Gasteiger partial charge in [-0.1, -0.05) is 111 Å². The Kier molecular flexibility index (Phi) is 29.0. The van der Waals surface area contributed by atoms with Gasteiger partial charge in [-0.2, -0.15) is 0 Å². The van der Waals surface area contributed by atoms with Crippen molar-refractivity contribution in [1.82, 2.24) is 9.80 Å². The highest BCUT2D eigenvalue weighted by atomic mass is 16.7. The van der Waals surface area contributed by atoms with Crippen molar-refractivity contribution in [3.63, 3.8) is 0 Å². The van der Waals surface area contributed by atoms with Gasteiger partial charge in [0.2, 0.25) is 0 Å². The lowest BCUT2D eigenvalue weighted by molar-refractivity contribution is -0.107. The first-order valence-electron chi connectivity index (χ1n) is 16.8. The van der Waals surface area contributed by atoms with E-state index in [0.29, 0.717) is 13.0 Å². The molecule has 0 aliphatic heterocycles. The van der Waals surface area contributed by atoms with Crippen LogP contribution >= 0.6 is 0 Å². The number of likely N-dealkylation sites (N-methyl/N-ethyl adjacent to an activating group) is 2. The fraction of sp³-hybridized carbons (Fsp3) is 0.939. The van der Waals surface area contributed by atoms with Crippen molar-refractivity contribution in [2.24, 2.45) is 0 Å². The number of nitrogens with zero attached hydrogens (tertiary/aromatic N) is 2. The molecule has 0 rings (SSSR count). The fourth-order valence-electron chi connectivity index (χ4n) is 5.11. The summed E-state index contributed by atoms with van der Waals surface area (Å²) in [5.41, 5.74) is 0. The van der Waals surface area contributed by atoms with Gasteiger partial charge in [-0.05, 0) is 51.7 Å². The minimum absolute atomic E-state index is 0.0223. The van der Waals surface area contributed by atoms with E-state index >= 15 is 0 Å². The Morgan fingerprint density at radius 1 is 0.615 bits per heavy atom. The summed E-state index contributed by atoms with van der Waals surface area (Å²) in [5.74, 6) is 0. The second kappa shape index (κ2) is 29.8. The average Bonchev–Trinajstić information content (AvgIpc) is 2.94. The van der Waals surface area contributed by atoms with Crippen LogP contribution in [-0.4, -0.2) is 74.2 Å². The lowest BCUT2D eigenvalue weighted by Gasteiger charge is -2.25. The molecule has 0 aromatic rings. The van der Waals surface area contributed by atoms with Gasteiger partial charge in [0.25, 0.3) is 0 Å². The Labute approximate surface area is 242 Å². The van der Waals surface area contributed by atoms with Crippen molar-refractivity contribution in [3.05, 3.63) is 0 Å². The molecule has 0 aromatic heterocycles. The first kappa shape index (κ1) is 37.9. The maximum atomic E-state index is 12.5. The lowest BCUT2D eigenvalue weighted by atomic mass is 10.0. The van der Waals surface area contributed by atoms with Crippen LogP contribution < -0.4 is 0 Å². The molecule has 0 amide bonds. The molecule has 6 heteroatoms. The summed E-state index contributed by atoms with van der Waals surface area (Å²) in [4.78, 5) is 27.7. The molecule has 0 N–H and O–H groups in total. The van der Waals surface area contributed by atoms with Crippen LogP contribution in [0.1, 0.15) is 150 Å². The normalized spacial score (nSPS) is 12.3. The second-order valence-corrected chi connectivity index (χ2v) is 11.1. The van der Waals surface area contributed by atoms with Gasteiger partial charge in [0.05, 0.1) is 0 Å². The minimum Gasteiger partial charge on any atom is -0.433 e. The molecular formula is C33H66N2O4. The van der Waals surface area contributed by atoms with Crippen LogP contribution in [0.5, 0.6) is 0 Å². The molecule has 232 valence electrons. The van der Waals surface area contributed by atoms with E-state index in [-0.39, 0.29) is 6.10 Å². The Morgan fingerprint density at radius 3 is 1.56 bits per heavy atom. The third kappa shape index (κ3) is 25.6. The van der Waals surface area contributed by atoms with Gasteiger partial charge >= 0.3 is 6.16 Å². The second-order valence-electron chi connectivity index (χ2n) is 11.1. The van der Waals surface area contributed by atoms with Crippen molar-refractivity contribution in [1.29, 1.82) is 0 Å². The zero-order chi connectivity index (χ0) is 28.8. The first-order chi connectivity index (χ1) is 19.1. The van der Waals surface area contributed by atoms with Crippen LogP contribution in [-0.2, 0) is 14.3 Å². The fourth-order valence-corrected chi connectivity index (χ4v) is 5.11. The number of aldehydes is 1. The summed E-state index contributed by atoms with van der Waals surface area (Å²) >= 11 is 0. The summed E-state index contributed by atoms with van der Waals surface area (Å²) in [6.45, 7) is 15.1. The van der Waals surface area contributed by atoms with E-state index in [1.54, 1.807) is 0 Å². The van der Waals surface area contributed by atoms with Crippen LogP contribution in [0.15, 0.2) is 0 Å². The summed E-state index contributed by atoms with van der Waals surface area (Å²) in [6, 6.07) is 0. The summed E-state index contributed by atoms with van der Waals surface area (Å²) in [7, 11) is 0. The van der Waals surface area contributed by atoms with Crippen molar-refractivity contribution in [2.75, 3.05) is 45.9 Å². The molecule has 0 fully saturated rings. The number of carbonyl (C=O) groups is 2. The highest BCUT2D eigenvalue weighted by molar-refractivity contribution is 5.60. The Balaban J connectivity index is 4.31. The molecule has 0 heterocycles. The van der Waals surface area contributed by atoms with Gasteiger partial charge in [0, 0.05) is 26.1 Å². The molecule has 0 aliphatic carbocycles. The lowest BCUT2D eigenvalue weighted by Crippen LogP contribution is -2.37. The number of unbranched alkanes of at least 4 members (excludes halogenated alkanes) is 15. The molecule has 1 unspecified atom stereocenters. The van der Waals surface area contributed by atoms with E-state index in [0.717, 1.165) is 77.7 Å². The van der Waals surface area contributed by atoms with Gasteiger partial charge in [0.15, 0.2) is 0 Å². The van der Waals surface area contributed by atoms with E-state index in [1.165, 1.54) is 83.5 Å². The quantitative estimate of drug-likeness (QED) is 0.0502. The van der Waals surface area contributed by atoms with Crippen molar-refractivity contribution in [3.8, 4) is 0 Å². The number of rotatable bonds is 30. The van der Waals surface area contributed by atoms with Crippen molar-refractivity contribution in [2.45, 2.75) is 156 Å². The third-order valence-electron chi connectivity index (χ3n) is 7.94. The van der Waals surface area contributed by atoms with Gasteiger partial charge in [-0.15, -0.1) is 0 Å². The minimum atomic E-state index is -0.491. The highest BCUT2D eigenvalue weighted by Crippen LogP contribution is 2.18. The van der Waals surface area contributed by atoms with Crippen LogP contribution in [0, 0.1) is 0 Å². The topological polar surface area (TPSA) is 59.1 Å². The number of carbonyl (C=O) groups excluding carboxylic acids is 2. The maximum Gasteiger partial charge on any atom is 0.508 e. The largest absolute Gasteiger partial charge is 0.508 e. The Hall–Kier alpha value is -1.14. The van der Waals surface area contributed by atoms with Crippen molar-refractivity contribution < 1.29 is 19.1 Å². The molecule has 0 spiro atoms. The van der Waals surface area contributed by atoms with E-state index in [1.807, 2.05) is 0 Å². The summed E-state index contributed by atoms with van der Waals surface area (Å²) < 4.78 is 11.3. The van der Waals surface area contributed by atoms with Gasteiger partial charge in [-0.25, -0.2) is 4.79 Å². The van der Waals surface area contributed by atoms with Crippen LogP contribution in [0.2, 0.25) is 0 Å². The number of hydrogen-bond donors (Lipinski definition) is 0. The van der Waals surface area contributed by atoms with Gasteiger partial charge in [-0.3, -0.25) is 4.90 Å². The molecule has 0 saturated heterocycles. The van der Waals surface area contributed by atoms with E-state index in [9.17, 15) is 9.59 Å². The predicted octanol–water partition coefficient (Wildman–Crippen LogP) is 8.80. The summed E-state index contributed by atoms with van der Waals surface area (Å²) in [6.07, 6.45) is 22.9. The summed E-state index contributed by atoms with van der Waals surface area (Å²) in [5, 5.41) is 0. The molecule has 0 aromatic carbocycles. The van der Waals surface area contributed by atoms with Crippen LogP contribution in [0.4, 0.5) is 4.79 Å². The molecule has 6 nitrogen and oxygen atoms in total. The predicted molar refractivity (Wildman–Crippen MR) is 166 cm³/mol. The van der Waals surface area contributed by atoms with E-state index in [4.69, 9.17) is 9.47 Å². The molecular weight excluding hydrogens is 488 g/mol. The SMILES string of the molecule is CCCCCCCCCCC(CCCCCCCCCCC=O)OC(=O)OCCN(CC)CCN(CC)CC. The number of hydrogen-bond acceptors (Lipinski definition) is 6. The number of ether oxygens (including phenoxy) is 2. The molecule has 0 saturated carbocycles. The zero-order valence-corrected chi connectivity index (χ0v) is 26.6. The molecule has 0 radical (unpaired) electrons. The van der Waals surface area contributed by atoms with Gasteiger partial charge < -0.3 is 19.2 Å². The monoisotopic (exact) mass is 555 g/mol. The zero-order valence-electron chi connectivity index (χ0n) is 26.6. The first-order valence-corrected chi connectivity index (χ1v) is 16.8. The van der Waals surface area contributed by atoms with E-state index in [2.05, 4.69) is 37.5 Å². The van der Waals surface area contributed by atoms with Crippen molar-refractivity contribution >= 4 is 12.4 Å². The molecule has 0 aliphatic rings. The molecule has 39 heavy (non-hydrogen) atoms. The van der Waals surface area contributed by atoms with Gasteiger partial charge in [0.1, 0.15) is 19.0 Å². The van der Waals surface area contributed by atoms with E-state index < -0.39 is 6.16 Å². The highest BCUT2D eigenvalue weighted by Gasteiger charge is 2.16. The van der Waals surface area contributed by atoms with Crippen LogP contribution in [0.25, 0.3) is 0 Å². The molecule has 0 bridgehead atoms. The Bertz CT molecular complexity index is 528. The third-order valence-corrected chi connectivity index (χ3v) is 7.94. The average molecular weight is 555 g/mol. The molecule has 1 atom stereocenters. The smallest absolute Gasteiger partial charge is 0.433 e. The Morgan fingerprint density at radius 2 is 1.08 bits per heavy atom.